The second-order valence-electron chi connectivity index (χ2n) is 7.40. The Kier molecular flexibility index (Phi) is 10.5. The zero-order chi connectivity index (χ0) is 22.9. The monoisotopic (exact) mass is 571 g/mol. The van der Waals surface area contributed by atoms with Crippen LogP contribution in [0.1, 0.15) is 13.3 Å². The molecule has 8 nitrogen and oxygen atoms in total. The zero-order valence-electron chi connectivity index (χ0n) is 19.1. The highest BCUT2D eigenvalue weighted by molar-refractivity contribution is 14.0. The summed E-state index contributed by atoms with van der Waals surface area (Å²) in [6, 6.07) is 11.8. The number of anilines is 2. The molecule has 2 aromatic rings. The summed E-state index contributed by atoms with van der Waals surface area (Å²) in [4.78, 5) is 18.8. The predicted molar refractivity (Wildman–Crippen MR) is 140 cm³/mol. The van der Waals surface area contributed by atoms with Gasteiger partial charge in [0.15, 0.2) is 5.96 Å². The molecule has 0 aliphatic carbocycles. The second-order valence-corrected chi connectivity index (χ2v) is 7.40. The number of rotatable bonds is 8. The number of amides is 1. The van der Waals surface area contributed by atoms with Gasteiger partial charge in [-0.1, -0.05) is 6.07 Å². The SMILES string of the molecule is CCNC(=NCC(=O)Nc1cccc(F)c1)NC1CCN(c2cc(OC)cc(OC)c2)C1.I. The Hall–Kier alpha value is -2.76. The molecule has 33 heavy (non-hydrogen) atoms. The van der Waals surface area contributed by atoms with Gasteiger partial charge in [-0.05, 0) is 31.5 Å². The third-order valence-electron chi connectivity index (χ3n) is 5.06. The first kappa shape index (κ1) is 26.5. The van der Waals surface area contributed by atoms with Crippen LogP contribution in [-0.2, 0) is 4.79 Å². The summed E-state index contributed by atoms with van der Waals surface area (Å²) in [5.41, 5.74) is 1.44. The molecule has 1 aliphatic heterocycles. The maximum absolute atomic E-state index is 13.3. The summed E-state index contributed by atoms with van der Waals surface area (Å²) in [7, 11) is 3.27. The largest absolute Gasteiger partial charge is 0.497 e. The van der Waals surface area contributed by atoms with Gasteiger partial charge in [-0.25, -0.2) is 9.38 Å². The van der Waals surface area contributed by atoms with Crippen molar-refractivity contribution in [3.63, 3.8) is 0 Å². The maximum atomic E-state index is 13.3. The maximum Gasteiger partial charge on any atom is 0.246 e. The summed E-state index contributed by atoms with van der Waals surface area (Å²) < 4.78 is 24.0. The summed E-state index contributed by atoms with van der Waals surface area (Å²) in [5.74, 6) is 1.34. The molecule has 0 radical (unpaired) electrons. The third kappa shape index (κ3) is 7.95. The number of nitrogens with zero attached hydrogens (tertiary/aromatic N) is 2. The van der Waals surface area contributed by atoms with Gasteiger partial charge >= 0.3 is 0 Å². The van der Waals surface area contributed by atoms with Gasteiger partial charge in [-0.2, -0.15) is 0 Å². The molecule has 0 bridgehead atoms. The van der Waals surface area contributed by atoms with Gasteiger partial charge in [-0.3, -0.25) is 4.79 Å². The molecular formula is C23H31FIN5O3. The van der Waals surface area contributed by atoms with Crippen LogP contribution in [0.15, 0.2) is 47.5 Å². The lowest BCUT2D eigenvalue weighted by atomic mass is 10.2. The fourth-order valence-corrected chi connectivity index (χ4v) is 3.52. The van der Waals surface area contributed by atoms with Crippen LogP contribution in [-0.4, -0.2) is 58.3 Å². The van der Waals surface area contributed by atoms with E-state index in [1.165, 1.54) is 12.1 Å². The molecule has 1 fully saturated rings. The van der Waals surface area contributed by atoms with Gasteiger partial charge in [0.1, 0.15) is 23.9 Å². The van der Waals surface area contributed by atoms with Crippen molar-refractivity contribution in [1.29, 1.82) is 0 Å². The number of carbonyl (C=O) groups excluding carboxylic acids is 1. The fourth-order valence-electron chi connectivity index (χ4n) is 3.52. The molecule has 0 saturated carbocycles. The van der Waals surface area contributed by atoms with Crippen LogP contribution in [0.4, 0.5) is 15.8 Å². The number of benzene rings is 2. The average Bonchev–Trinajstić information content (AvgIpc) is 3.26. The van der Waals surface area contributed by atoms with Crippen molar-refractivity contribution >= 4 is 47.2 Å². The number of aliphatic imine (C=N–C) groups is 1. The smallest absolute Gasteiger partial charge is 0.246 e. The molecule has 1 heterocycles. The van der Waals surface area contributed by atoms with E-state index in [2.05, 4.69) is 25.8 Å². The van der Waals surface area contributed by atoms with E-state index >= 15 is 0 Å². The summed E-state index contributed by atoms with van der Waals surface area (Å²) >= 11 is 0. The number of hydrogen-bond donors (Lipinski definition) is 3. The molecule has 0 spiro atoms. The number of nitrogens with one attached hydrogen (secondary N) is 3. The Morgan fingerprint density at radius 1 is 1.18 bits per heavy atom. The standard InChI is InChI=1S/C23H30FN5O3.HI/c1-4-25-23(26-14-22(30)27-17-7-5-6-16(24)10-17)28-18-8-9-29(15-18)19-11-20(31-2)13-21(12-19)32-3;/h5-7,10-13,18H,4,8-9,14-15H2,1-3H3,(H,27,30)(H2,25,26,28);1H. The van der Waals surface area contributed by atoms with Crippen molar-refractivity contribution in [3.8, 4) is 11.5 Å². The second kappa shape index (κ2) is 13.1. The van der Waals surface area contributed by atoms with Crippen LogP contribution in [0, 0.1) is 5.82 Å². The Balaban J connectivity index is 0.00000385. The van der Waals surface area contributed by atoms with Crippen LogP contribution >= 0.6 is 24.0 Å². The van der Waals surface area contributed by atoms with E-state index in [1.54, 1.807) is 26.4 Å². The van der Waals surface area contributed by atoms with E-state index in [0.29, 0.717) is 18.2 Å². The summed E-state index contributed by atoms with van der Waals surface area (Å²) in [5, 5.41) is 9.22. The minimum atomic E-state index is -0.402. The van der Waals surface area contributed by atoms with Gasteiger partial charge in [0.05, 0.1) is 14.2 Å². The van der Waals surface area contributed by atoms with Gasteiger partial charge in [0, 0.05) is 55.2 Å². The van der Waals surface area contributed by atoms with Gasteiger partial charge in [0.25, 0.3) is 0 Å². The van der Waals surface area contributed by atoms with Crippen LogP contribution in [0.5, 0.6) is 11.5 Å². The number of carbonyl (C=O) groups is 1. The molecule has 180 valence electrons. The first-order valence-corrected chi connectivity index (χ1v) is 10.6. The summed E-state index contributed by atoms with van der Waals surface area (Å²) in [6.07, 6.45) is 0.916. The van der Waals surface area contributed by atoms with E-state index in [4.69, 9.17) is 9.47 Å². The highest BCUT2D eigenvalue weighted by Crippen LogP contribution is 2.30. The molecule has 1 aliphatic rings. The lowest BCUT2D eigenvalue weighted by Crippen LogP contribution is -2.45. The van der Waals surface area contributed by atoms with Crippen molar-refractivity contribution in [2.75, 3.05) is 50.6 Å². The average molecular weight is 571 g/mol. The van der Waals surface area contributed by atoms with E-state index in [1.807, 2.05) is 25.1 Å². The molecule has 2 aromatic carbocycles. The molecule has 3 rings (SSSR count). The number of ether oxygens (including phenoxy) is 2. The van der Waals surface area contributed by atoms with Crippen molar-refractivity contribution in [1.82, 2.24) is 10.6 Å². The normalized spacial score (nSPS) is 15.5. The van der Waals surface area contributed by atoms with E-state index in [0.717, 1.165) is 36.7 Å². The Morgan fingerprint density at radius 3 is 2.55 bits per heavy atom. The van der Waals surface area contributed by atoms with Crippen molar-refractivity contribution in [2.24, 2.45) is 4.99 Å². The highest BCUT2D eigenvalue weighted by Gasteiger charge is 2.24. The number of methoxy groups -OCH3 is 2. The highest BCUT2D eigenvalue weighted by atomic mass is 127. The van der Waals surface area contributed by atoms with E-state index in [-0.39, 0.29) is 42.5 Å². The molecule has 1 saturated heterocycles. The molecule has 1 atom stereocenters. The minimum Gasteiger partial charge on any atom is -0.497 e. The topological polar surface area (TPSA) is 87.2 Å². The predicted octanol–water partition coefficient (Wildman–Crippen LogP) is 3.23. The number of halogens is 2. The van der Waals surface area contributed by atoms with Crippen LogP contribution in [0.3, 0.4) is 0 Å². The van der Waals surface area contributed by atoms with Crippen molar-refractivity contribution in [3.05, 3.63) is 48.3 Å². The van der Waals surface area contributed by atoms with Crippen LogP contribution in [0.2, 0.25) is 0 Å². The lowest BCUT2D eigenvalue weighted by Gasteiger charge is -2.21. The van der Waals surface area contributed by atoms with Crippen molar-refractivity contribution < 1.29 is 18.7 Å². The van der Waals surface area contributed by atoms with Crippen molar-refractivity contribution in [2.45, 2.75) is 19.4 Å². The molecule has 1 amide bonds. The molecule has 1 unspecified atom stereocenters. The molecule has 3 N–H and O–H groups in total. The fraction of sp³-hybridized carbons (Fsp3) is 0.391. The zero-order valence-corrected chi connectivity index (χ0v) is 21.4. The quantitative estimate of drug-likeness (QED) is 0.256. The number of guanidine groups is 1. The Bertz CT molecular complexity index is 937. The van der Waals surface area contributed by atoms with Crippen LogP contribution < -0.4 is 30.3 Å². The van der Waals surface area contributed by atoms with E-state index < -0.39 is 5.82 Å². The van der Waals surface area contributed by atoms with Gasteiger partial charge < -0.3 is 30.3 Å². The Morgan fingerprint density at radius 2 is 1.91 bits per heavy atom. The first-order valence-electron chi connectivity index (χ1n) is 10.6. The number of hydrogen-bond acceptors (Lipinski definition) is 5. The molecular weight excluding hydrogens is 540 g/mol. The van der Waals surface area contributed by atoms with Crippen LogP contribution in [0.25, 0.3) is 0 Å². The Labute approximate surface area is 210 Å². The first-order chi connectivity index (χ1) is 15.5. The third-order valence-corrected chi connectivity index (χ3v) is 5.06. The van der Waals surface area contributed by atoms with Gasteiger partial charge in [-0.15, -0.1) is 24.0 Å². The minimum absolute atomic E-state index is 0. The van der Waals surface area contributed by atoms with Gasteiger partial charge in [0.2, 0.25) is 5.91 Å². The molecule has 10 heteroatoms. The lowest BCUT2D eigenvalue weighted by molar-refractivity contribution is -0.114. The van der Waals surface area contributed by atoms with E-state index in [9.17, 15) is 9.18 Å². The molecule has 0 aromatic heterocycles. The summed E-state index contributed by atoms with van der Waals surface area (Å²) in [6.45, 7) is 4.20.